The van der Waals surface area contributed by atoms with Gasteiger partial charge in [-0.05, 0) is 30.3 Å². The molecule has 4 aromatic rings. The van der Waals surface area contributed by atoms with E-state index in [1.54, 1.807) is 42.5 Å². The number of fused-ring (bicyclic) bond motifs is 1. The molecule has 0 aliphatic rings. The largest absolute Gasteiger partial charge is 0.457 e. The van der Waals surface area contributed by atoms with Gasteiger partial charge in [0.05, 0.1) is 16.8 Å². The standard InChI is InChI=1S/C23H19F3N6O3/c1-13(33)30-20-10-16(7-8-27-20)35-15-4-6-18-14(9-15)3-5-19(31-18)17-11-28-22(32(2)21(17)34)29-12-23(24,25)26/h3-11H,12H2,1-2H3,(H,28,29)(H,27,30,33). The molecule has 4 rings (SSSR count). The number of amides is 1. The fraction of sp³-hybridized carbons (Fsp3) is 0.174. The summed E-state index contributed by atoms with van der Waals surface area (Å²) in [6.45, 7) is 0.0736. The fourth-order valence-electron chi connectivity index (χ4n) is 3.24. The second-order valence-corrected chi connectivity index (χ2v) is 7.54. The molecule has 0 saturated carbocycles. The van der Waals surface area contributed by atoms with E-state index in [0.717, 1.165) is 9.95 Å². The maximum absolute atomic E-state index is 12.7. The molecule has 2 N–H and O–H groups in total. The van der Waals surface area contributed by atoms with Crippen LogP contribution in [0.15, 0.2) is 59.7 Å². The number of aromatic nitrogens is 4. The highest BCUT2D eigenvalue weighted by molar-refractivity contribution is 5.87. The van der Waals surface area contributed by atoms with Crippen LogP contribution in [0, 0.1) is 0 Å². The second-order valence-electron chi connectivity index (χ2n) is 7.54. The van der Waals surface area contributed by atoms with Gasteiger partial charge in [0.2, 0.25) is 11.9 Å². The number of alkyl halides is 3. The van der Waals surface area contributed by atoms with Crippen molar-refractivity contribution in [3.05, 3.63) is 65.2 Å². The van der Waals surface area contributed by atoms with Gasteiger partial charge in [-0.2, -0.15) is 13.2 Å². The predicted octanol–water partition coefficient (Wildman–Crippen LogP) is 4.12. The first kappa shape index (κ1) is 23.7. The monoisotopic (exact) mass is 484 g/mol. The topological polar surface area (TPSA) is 111 Å². The van der Waals surface area contributed by atoms with Crippen molar-refractivity contribution in [1.29, 1.82) is 0 Å². The lowest BCUT2D eigenvalue weighted by atomic mass is 10.1. The van der Waals surface area contributed by atoms with Crippen LogP contribution in [0.25, 0.3) is 22.2 Å². The molecular weight excluding hydrogens is 465 g/mol. The molecule has 1 amide bonds. The number of ether oxygens (including phenoxy) is 1. The molecule has 0 saturated heterocycles. The van der Waals surface area contributed by atoms with Crippen LogP contribution in [-0.4, -0.2) is 38.1 Å². The molecule has 0 fully saturated rings. The number of nitrogens with zero attached hydrogens (tertiary/aromatic N) is 4. The Hall–Kier alpha value is -4.48. The first-order chi connectivity index (χ1) is 16.6. The molecule has 9 nitrogen and oxygen atoms in total. The highest BCUT2D eigenvalue weighted by Gasteiger charge is 2.27. The fourth-order valence-corrected chi connectivity index (χ4v) is 3.24. The lowest BCUT2D eigenvalue weighted by Gasteiger charge is -2.13. The van der Waals surface area contributed by atoms with E-state index in [4.69, 9.17) is 4.74 Å². The molecule has 180 valence electrons. The van der Waals surface area contributed by atoms with Crippen molar-refractivity contribution in [1.82, 2.24) is 19.5 Å². The molecule has 12 heteroatoms. The number of nitrogens with one attached hydrogen (secondary N) is 2. The predicted molar refractivity (Wildman–Crippen MR) is 123 cm³/mol. The molecule has 3 aromatic heterocycles. The third kappa shape index (κ3) is 5.72. The average molecular weight is 484 g/mol. The van der Waals surface area contributed by atoms with Gasteiger partial charge in [-0.3, -0.25) is 14.2 Å². The molecule has 0 atom stereocenters. The zero-order valence-electron chi connectivity index (χ0n) is 18.6. The maximum Gasteiger partial charge on any atom is 0.405 e. The van der Waals surface area contributed by atoms with Crippen LogP contribution in [0.4, 0.5) is 24.9 Å². The molecule has 0 aliphatic heterocycles. The van der Waals surface area contributed by atoms with E-state index in [1.165, 1.54) is 26.4 Å². The summed E-state index contributed by atoms with van der Waals surface area (Å²) in [6, 6.07) is 11.8. The molecule has 0 bridgehead atoms. The molecular formula is C23H19F3N6O3. The SMILES string of the molecule is CC(=O)Nc1cc(Oc2ccc3nc(-c4cnc(NCC(F)(F)F)n(C)c4=O)ccc3c2)ccn1. The molecule has 35 heavy (non-hydrogen) atoms. The maximum atomic E-state index is 12.7. The quantitative estimate of drug-likeness (QED) is 0.424. The Kier molecular flexibility index (Phi) is 6.36. The minimum absolute atomic E-state index is 0.148. The zero-order valence-corrected chi connectivity index (χ0v) is 18.6. The number of hydrogen-bond donors (Lipinski definition) is 2. The number of benzene rings is 1. The highest BCUT2D eigenvalue weighted by Crippen LogP contribution is 2.27. The van der Waals surface area contributed by atoms with Crippen LogP contribution in [-0.2, 0) is 11.8 Å². The van der Waals surface area contributed by atoms with Crippen molar-refractivity contribution in [3.63, 3.8) is 0 Å². The number of anilines is 2. The van der Waals surface area contributed by atoms with Gasteiger partial charge in [0.1, 0.15) is 23.9 Å². The summed E-state index contributed by atoms with van der Waals surface area (Å²) in [5, 5.41) is 5.42. The van der Waals surface area contributed by atoms with E-state index in [2.05, 4.69) is 25.6 Å². The Morgan fingerprint density at radius 1 is 1.09 bits per heavy atom. The molecule has 0 radical (unpaired) electrons. The van der Waals surface area contributed by atoms with Crippen LogP contribution in [0.5, 0.6) is 11.5 Å². The van der Waals surface area contributed by atoms with Gasteiger partial charge in [-0.15, -0.1) is 0 Å². The Morgan fingerprint density at radius 3 is 2.60 bits per heavy atom. The van der Waals surface area contributed by atoms with Crippen LogP contribution in [0.1, 0.15) is 6.92 Å². The van der Waals surface area contributed by atoms with Gasteiger partial charge < -0.3 is 15.4 Å². The second kappa shape index (κ2) is 9.41. The van der Waals surface area contributed by atoms with Gasteiger partial charge in [-0.25, -0.2) is 15.0 Å². The highest BCUT2D eigenvalue weighted by atomic mass is 19.4. The lowest BCUT2D eigenvalue weighted by Crippen LogP contribution is -2.28. The first-order valence-corrected chi connectivity index (χ1v) is 10.3. The third-order valence-electron chi connectivity index (χ3n) is 4.82. The van der Waals surface area contributed by atoms with Crippen LogP contribution < -0.4 is 20.9 Å². The van der Waals surface area contributed by atoms with Crippen molar-refractivity contribution in [3.8, 4) is 22.8 Å². The first-order valence-electron chi connectivity index (χ1n) is 10.3. The summed E-state index contributed by atoms with van der Waals surface area (Å²) in [4.78, 5) is 36.4. The number of carbonyl (C=O) groups is 1. The smallest absolute Gasteiger partial charge is 0.405 e. The van der Waals surface area contributed by atoms with Crippen LogP contribution in [0.2, 0.25) is 0 Å². The number of carbonyl (C=O) groups excluding carboxylic acids is 1. The van der Waals surface area contributed by atoms with E-state index in [9.17, 15) is 22.8 Å². The normalized spacial score (nSPS) is 11.3. The Morgan fingerprint density at radius 2 is 1.86 bits per heavy atom. The zero-order chi connectivity index (χ0) is 25.2. The van der Waals surface area contributed by atoms with Crippen LogP contribution in [0.3, 0.4) is 0 Å². The van der Waals surface area contributed by atoms with E-state index >= 15 is 0 Å². The van der Waals surface area contributed by atoms with Gasteiger partial charge in [0.25, 0.3) is 5.56 Å². The minimum atomic E-state index is -4.44. The summed E-state index contributed by atoms with van der Waals surface area (Å²) in [5.74, 6) is 0.902. The van der Waals surface area contributed by atoms with E-state index in [1.807, 2.05) is 0 Å². The molecule has 3 heterocycles. The van der Waals surface area contributed by atoms with Gasteiger partial charge >= 0.3 is 6.18 Å². The van der Waals surface area contributed by atoms with E-state index in [0.29, 0.717) is 28.5 Å². The van der Waals surface area contributed by atoms with Crippen molar-refractivity contribution in [2.45, 2.75) is 13.1 Å². The van der Waals surface area contributed by atoms with Crippen molar-refractivity contribution in [2.24, 2.45) is 7.05 Å². The average Bonchev–Trinajstić information content (AvgIpc) is 2.79. The molecule has 0 unspecified atom stereocenters. The Labute approximate surface area is 196 Å². The lowest BCUT2D eigenvalue weighted by molar-refractivity contribution is -0.115. The molecule has 0 spiro atoms. The Bertz CT molecular complexity index is 1470. The number of rotatable bonds is 6. The van der Waals surface area contributed by atoms with Crippen molar-refractivity contribution < 1.29 is 22.7 Å². The molecule has 1 aromatic carbocycles. The Balaban J connectivity index is 1.57. The van der Waals surface area contributed by atoms with Gasteiger partial charge in [0, 0.05) is 37.8 Å². The van der Waals surface area contributed by atoms with E-state index < -0.39 is 18.3 Å². The van der Waals surface area contributed by atoms with Gasteiger partial charge in [0.15, 0.2) is 0 Å². The number of pyridine rings is 2. The number of halogens is 3. The minimum Gasteiger partial charge on any atom is -0.457 e. The van der Waals surface area contributed by atoms with Crippen molar-refractivity contribution in [2.75, 3.05) is 17.2 Å². The van der Waals surface area contributed by atoms with E-state index in [-0.39, 0.29) is 17.4 Å². The summed E-state index contributed by atoms with van der Waals surface area (Å²) in [7, 11) is 1.33. The van der Waals surface area contributed by atoms with Gasteiger partial charge in [-0.1, -0.05) is 6.07 Å². The summed E-state index contributed by atoms with van der Waals surface area (Å²) >= 11 is 0. The number of hydrogen-bond acceptors (Lipinski definition) is 7. The summed E-state index contributed by atoms with van der Waals surface area (Å²) < 4.78 is 44.3. The molecule has 0 aliphatic carbocycles. The third-order valence-corrected chi connectivity index (χ3v) is 4.82. The summed E-state index contributed by atoms with van der Waals surface area (Å²) in [6.07, 6.45) is -1.74. The van der Waals surface area contributed by atoms with Crippen molar-refractivity contribution >= 4 is 28.6 Å². The summed E-state index contributed by atoms with van der Waals surface area (Å²) in [5.41, 5.74) is 0.513. The van der Waals surface area contributed by atoms with Crippen LogP contribution >= 0.6 is 0 Å².